The second-order valence-corrected chi connectivity index (χ2v) is 7.98. The monoisotopic (exact) mass is 431 g/mol. The quantitative estimate of drug-likeness (QED) is 0.374. The highest BCUT2D eigenvalue weighted by atomic mass is 32.2. The molecule has 0 saturated heterocycles. The molecular weight excluding hydrogens is 410 g/mol. The third-order valence-corrected chi connectivity index (χ3v) is 5.94. The van der Waals surface area contributed by atoms with Crippen molar-refractivity contribution >= 4 is 39.4 Å². The first-order chi connectivity index (χ1) is 15.0. The molecule has 0 radical (unpaired) electrons. The fourth-order valence-electron chi connectivity index (χ4n) is 3.76. The summed E-state index contributed by atoms with van der Waals surface area (Å²) in [6, 6.07) is 27.8. The first-order valence-electron chi connectivity index (χ1n) is 9.83. The number of anilines is 2. The van der Waals surface area contributed by atoms with Gasteiger partial charge < -0.3 is 5.11 Å². The molecule has 0 saturated carbocycles. The zero-order valence-electron chi connectivity index (χ0n) is 16.6. The van der Waals surface area contributed by atoms with Crippen LogP contribution in [0, 0.1) is 0 Å². The van der Waals surface area contributed by atoms with Crippen molar-refractivity contribution in [1.82, 2.24) is 0 Å². The topological polar surface area (TPSA) is 77.8 Å². The van der Waals surface area contributed by atoms with Gasteiger partial charge in [-0.05, 0) is 53.6 Å². The van der Waals surface area contributed by atoms with Gasteiger partial charge in [-0.2, -0.15) is 0 Å². The lowest BCUT2D eigenvalue weighted by Gasteiger charge is -2.22. The van der Waals surface area contributed by atoms with Crippen LogP contribution in [0.25, 0.3) is 10.8 Å². The van der Waals surface area contributed by atoms with Gasteiger partial charge >= 0.3 is 5.97 Å². The van der Waals surface area contributed by atoms with Gasteiger partial charge in [0.15, 0.2) is 0 Å². The molecule has 0 heterocycles. The minimum Gasteiger partial charge on any atom is -0.478 e. The van der Waals surface area contributed by atoms with Gasteiger partial charge in [0.1, 0.15) is 0 Å². The Morgan fingerprint density at radius 2 is 1.55 bits per heavy atom. The number of fused-ring (bicyclic) bond motifs is 1. The van der Waals surface area contributed by atoms with E-state index in [-0.39, 0.29) is 0 Å². The number of hydrogen-bond donors (Lipinski definition) is 2. The maximum atomic E-state index is 12.3. The summed E-state index contributed by atoms with van der Waals surface area (Å²) in [6.07, 6.45) is 1.17. The molecule has 0 amide bonds. The van der Waals surface area contributed by atoms with Crippen molar-refractivity contribution < 1.29 is 18.7 Å². The van der Waals surface area contributed by atoms with Crippen LogP contribution in [-0.2, 0) is 24.1 Å². The molecule has 4 aromatic rings. The van der Waals surface area contributed by atoms with Crippen molar-refractivity contribution in [3.63, 3.8) is 0 Å². The molecule has 0 spiro atoms. The highest BCUT2D eigenvalue weighted by Gasteiger charge is 2.18. The standard InChI is InChI=1S/C25H21NO4S/c27-25(28)23-13-4-2-9-20(23)16-15-18-7-5-11-21(17-18)26(31(29)30)24-14-6-10-19-8-1-3-12-22(19)24/h1-14,17H,15-16H2,(H,27,28)(H,29,30). The number of carboxylic acid groups (broad SMARTS) is 1. The third kappa shape index (κ3) is 4.50. The highest BCUT2D eigenvalue weighted by Crippen LogP contribution is 2.33. The molecule has 0 aliphatic heterocycles. The van der Waals surface area contributed by atoms with Crippen molar-refractivity contribution in [2.24, 2.45) is 0 Å². The van der Waals surface area contributed by atoms with Crippen molar-refractivity contribution in [3.8, 4) is 0 Å². The van der Waals surface area contributed by atoms with E-state index in [0.29, 0.717) is 29.8 Å². The molecule has 0 aromatic heterocycles. The van der Waals surface area contributed by atoms with Crippen LogP contribution in [-0.4, -0.2) is 19.8 Å². The predicted octanol–water partition coefficient (Wildman–Crippen LogP) is 5.60. The fourth-order valence-corrected chi connectivity index (χ4v) is 4.38. The van der Waals surface area contributed by atoms with E-state index in [2.05, 4.69) is 0 Å². The van der Waals surface area contributed by atoms with Crippen LogP contribution in [0.1, 0.15) is 21.5 Å². The number of carboxylic acids is 1. The van der Waals surface area contributed by atoms with Gasteiger partial charge in [0.2, 0.25) is 0 Å². The first-order valence-corrected chi connectivity index (χ1v) is 10.9. The largest absolute Gasteiger partial charge is 0.478 e. The maximum Gasteiger partial charge on any atom is 0.335 e. The number of aryl methyl sites for hydroxylation is 2. The van der Waals surface area contributed by atoms with Gasteiger partial charge in [0, 0.05) is 5.39 Å². The second-order valence-electron chi connectivity index (χ2n) is 7.16. The van der Waals surface area contributed by atoms with Gasteiger partial charge in [-0.3, -0.25) is 4.55 Å². The van der Waals surface area contributed by atoms with E-state index in [9.17, 15) is 18.7 Å². The molecule has 4 aromatic carbocycles. The predicted molar refractivity (Wildman–Crippen MR) is 124 cm³/mol. The first kappa shape index (κ1) is 20.8. The summed E-state index contributed by atoms with van der Waals surface area (Å²) in [5.41, 5.74) is 3.26. The van der Waals surface area contributed by atoms with Crippen LogP contribution in [0.15, 0.2) is 91.0 Å². The smallest absolute Gasteiger partial charge is 0.335 e. The number of aromatic carboxylic acids is 1. The number of rotatable bonds is 7. The van der Waals surface area contributed by atoms with Crippen LogP contribution in [0.2, 0.25) is 0 Å². The van der Waals surface area contributed by atoms with Crippen molar-refractivity contribution in [2.45, 2.75) is 12.8 Å². The summed E-state index contributed by atoms with van der Waals surface area (Å²) < 4.78 is 23.8. The molecule has 6 heteroatoms. The molecular formula is C25H21NO4S. The van der Waals surface area contributed by atoms with Crippen molar-refractivity contribution in [3.05, 3.63) is 108 Å². The van der Waals surface area contributed by atoms with Gasteiger partial charge in [0.25, 0.3) is 11.3 Å². The van der Waals surface area contributed by atoms with E-state index in [0.717, 1.165) is 21.9 Å². The Bertz CT molecular complexity index is 1270. The Morgan fingerprint density at radius 3 is 2.35 bits per heavy atom. The summed E-state index contributed by atoms with van der Waals surface area (Å²) in [6.45, 7) is 0. The summed E-state index contributed by atoms with van der Waals surface area (Å²) in [5.74, 6) is -0.942. The summed E-state index contributed by atoms with van der Waals surface area (Å²) >= 11 is -2.26. The van der Waals surface area contributed by atoms with E-state index in [1.54, 1.807) is 18.2 Å². The van der Waals surface area contributed by atoms with E-state index in [4.69, 9.17) is 0 Å². The Labute approximate surface area is 183 Å². The lowest BCUT2D eigenvalue weighted by atomic mass is 9.99. The van der Waals surface area contributed by atoms with Crippen LogP contribution >= 0.6 is 0 Å². The minimum atomic E-state index is -2.26. The molecule has 0 aliphatic rings. The lowest BCUT2D eigenvalue weighted by molar-refractivity contribution is 0.0695. The summed E-state index contributed by atoms with van der Waals surface area (Å²) in [7, 11) is 0. The number of nitrogens with zero attached hydrogens (tertiary/aromatic N) is 1. The zero-order chi connectivity index (χ0) is 21.8. The van der Waals surface area contributed by atoms with Gasteiger partial charge in [0.05, 0.1) is 16.9 Å². The second kappa shape index (κ2) is 9.12. The van der Waals surface area contributed by atoms with Gasteiger partial charge in [-0.25, -0.2) is 13.3 Å². The van der Waals surface area contributed by atoms with E-state index in [1.165, 1.54) is 4.31 Å². The van der Waals surface area contributed by atoms with E-state index < -0.39 is 17.2 Å². The fraction of sp³-hybridized carbons (Fsp3) is 0.0800. The highest BCUT2D eigenvalue weighted by molar-refractivity contribution is 7.81. The normalized spacial score (nSPS) is 11.9. The molecule has 1 unspecified atom stereocenters. The lowest BCUT2D eigenvalue weighted by Crippen LogP contribution is -2.19. The van der Waals surface area contributed by atoms with Crippen LogP contribution in [0.5, 0.6) is 0 Å². The molecule has 0 fully saturated rings. The van der Waals surface area contributed by atoms with E-state index >= 15 is 0 Å². The molecule has 5 nitrogen and oxygen atoms in total. The van der Waals surface area contributed by atoms with Crippen LogP contribution in [0.3, 0.4) is 0 Å². The molecule has 0 bridgehead atoms. The van der Waals surface area contributed by atoms with Gasteiger partial charge in [-0.1, -0.05) is 66.7 Å². The van der Waals surface area contributed by atoms with Crippen LogP contribution in [0.4, 0.5) is 11.4 Å². The molecule has 0 aliphatic carbocycles. The number of hydrogen-bond acceptors (Lipinski definition) is 2. The van der Waals surface area contributed by atoms with E-state index in [1.807, 2.05) is 72.8 Å². The zero-order valence-corrected chi connectivity index (χ0v) is 17.5. The van der Waals surface area contributed by atoms with Crippen LogP contribution < -0.4 is 4.31 Å². The summed E-state index contributed by atoms with van der Waals surface area (Å²) in [5, 5.41) is 11.3. The van der Waals surface area contributed by atoms with Crippen molar-refractivity contribution in [2.75, 3.05) is 4.31 Å². The average molecular weight is 432 g/mol. The third-order valence-electron chi connectivity index (χ3n) is 5.22. The van der Waals surface area contributed by atoms with Gasteiger partial charge in [-0.15, -0.1) is 0 Å². The molecule has 4 rings (SSSR count). The molecule has 156 valence electrons. The molecule has 31 heavy (non-hydrogen) atoms. The Morgan fingerprint density at radius 1 is 0.839 bits per heavy atom. The Hall–Kier alpha value is -3.48. The SMILES string of the molecule is O=C(O)c1ccccc1CCc1cccc(N(c2cccc3ccccc23)S(=O)O)c1. The Balaban J connectivity index is 1.66. The molecule has 2 N–H and O–H groups in total. The molecule has 1 atom stereocenters. The minimum absolute atomic E-state index is 0.299. The van der Waals surface area contributed by atoms with Crippen molar-refractivity contribution in [1.29, 1.82) is 0 Å². The maximum absolute atomic E-state index is 12.3. The number of carbonyl (C=O) groups is 1. The Kier molecular flexibility index (Phi) is 6.11. The summed E-state index contributed by atoms with van der Waals surface area (Å²) in [4.78, 5) is 11.4. The number of benzene rings is 4. The average Bonchev–Trinajstić information content (AvgIpc) is 2.78.